The van der Waals surface area contributed by atoms with Crippen molar-refractivity contribution in [2.24, 2.45) is 0 Å². The smallest absolute Gasteiger partial charge is 0.341 e. The first kappa shape index (κ1) is 29.5. The SMILES string of the molecule is CC1CN(C(c2ccccc2)(c2ccccc2)c2ccccc2)Cc2sc(-c3nc4c(cc3F)c(=O)c(C(=O)O)cn4C3CC3)cc21. The Kier molecular flexibility index (Phi) is 7.15. The van der Waals surface area contributed by atoms with Crippen LogP contribution in [0.2, 0.25) is 0 Å². The average molecular weight is 642 g/mol. The summed E-state index contributed by atoms with van der Waals surface area (Å²) in [4.78, 5) is 34.0. The van der Waals surface area contributed by atoms with Gasteiger partial charge in [-0.3, -0.25) is 9.69 Å². The first-order chi connectivity index (χ1) is 22.9. The van der Waals surface area contributed by atoms with Crippen molar-refractivity contribution in [3.05, 3.63) is 158 Å². The standard InChI is InChI=1S/C39H32FN3O3S/c1-24-21-42(39(25-11-5-2-6-12-25,26-13-7-3-8-14-26)27-15-9-4-10-16-27)23-34-29(24)20-33(47-34)35-32(40)19-30-36(44)31(38(45)46)22-43(28-17-18-28)37(30)41-35/h2-16,19-20,22,24,28H,17-18,21,23H2,1H3,(H,45,46). The highest BCUT2D eigenvalue weighted by Gasteiger charge is 2.45. The van der Waals surface area contributed by atoms with E-state index in [1.807, 2.05) is 18.2 Å². The normalized spacial score (nSPS) is 16.7. The van der Waals surface area contributed by atoms with Crippen LogP contribution in [0, 0.1) is 5.82 Å². The molecule has 47 heavy (non-hydrogen) atoms. The Labute approximate surface area is 275 Å². The van der Waals surface area contributed by atoms with Crippen LogP contribution in [-0.4, -0.2) is 32.1 Å². The van der Waals surface area contributed by atoms with Gasteiger partial charge in [-0.2, -0.15) is 0 Å². The van der Waals surface area contributed by atoms with E-state index in [1.54, 1.807) is 4.57 Å². The number of carboxylic acid groups (broad SMARTS) is 1. The molecule has 1 aliphatic heterocycles. The lowest BCUT2D eigenvalue weighted by Crippen LogP contribution is -2.50. The van der Waals surface area contributed by atoms with Gasteiger partial charge in [0.15, 0.2) is 5.82 Å². The number of carboxylic acids is 1. The predicted octanol–water partition coefficient (Wildman–Crippen LogP) is 8.21. The minimum atomic E-state index is -1.32. The number of aromatic nitrogens is 2. The maximum atomic E-state index is 15.9. The van der Waals surface area contributed by atoms with E-state index in [0.29, 0.717) is 17.1 Å². The Hall–Kier alpha value is -4.92. The van der Waals surface area contributed by atoms with Crippen molar-refractivity contribution in [1.82, 2.24) is 14.5 Å². The number of rotatable bonds is 7. The molecule has 1 fully saturated rings. The van der Waals surface area contributed by atoms with E-state index in [9.17, 15) is 14.7 Å². The molecule has 1 aliphatic carbocycles. The second-order valence-electron chi connectivity index (χ2n) is 12.6. The Morgan fingerprint density at radius 2 is 1.49 bits per heavy atom. The fraction of sp³-hybridized carbons (Fsp3) is 0.205. The van der Waals surface area contributed by atoms with Crippen LogP contribution in [0.15, 0.2) is 114 Å². The number of aromatic carboxylic acids is 1. The van der Waals surface area contributed by atoms with Gasteiger partial charge in [-0.15, -0.1) is 11.3 Å². The predicted molar refractivity (Wildman–Crippen MR) is 183 cm³/mol. The summed E-state index contributed by atoms with van der Waals surface area (Å²) in [6, 6.07) is 35.1. The van der Waals surface area contributed by atoms with Gasteiger partial charge in [0.25, 0.3) is 0 Å². The fourth-order valence-corrected chi connectivity index (χ4v) is 8.60. The molecule has 4 heterocycles. The van der Waals surface area contributed by atoms with E-state index in [2.05, 4.69) is 90.7 Å². The molecule has 1 atom stereocenters. The van der Waals surface area contributed by atoms with E-state index in [0.717, 1.165) is 24.3 Å². The Morgan fingerprint density at radius 1 is 0.915 bits per heavy atom. The topological polar surface area (TPSA) is 75.4 Å². The van der Waals surface area contributed by atoms with Gasteiger partial charge >= 0.3 is 5.97 Å². The van der Waals surface area contributed by atoms with Crippen LogP contribution in [-0.2, 0) is 12.1 Å². The molecule has 3 aromatic carbocycles. The molecule has 0 saturated heterocycles. The van der Waals surface area contributed by atoms with Gasteiger partial charge in [-0.1, -0.05) is 97.9 Å². The molecule has 8 rings (SSSR count). The van der Waals surface area contributed by atoms with Crippen molar-refractivity contribution in [3.8, 4) is 10.6 Å². The van der Waals surface area contributed by atoms with E-state index in [1.165, 1.54) is 45.9 Å². The van der Waals surface area contributed by atoms with E-state index < -0.39 is 22.8 Å². The number of hydrogen-bond acceptors (Lipinski definition) is 5. The Balaban J connectivity index is 1.27. The van der Waals surface area contributed by atoms with Crippen molar-refractivity contribution in [3.63, 3.8) is 0 Å². The largest absolute Gasteiger partial charge is 0.477 e. The third kappa shape index (κ3) is 4.82. The van der Waals surface area contributed by atoms with Gasteiger partial charge in [0.1, 0.15) is 16.9 Å². The van der Waals surface area contributed by atoms with Gasteiger partial charge in [0.2, 0.25) is 5.43 Å². The van der Waals surface area contributed by atoms with Gasteiger partial charge in [-0.05, 0) is 53.1 Å². The molecule has 1 unspecified atom stereocenters. The highest BCUT2D eigenvalue weighted by atomic mass is 32.1. The molecular weight excluding hydrogens is 610 g/mol. The minimum absolute atomic E-state index is 0.00252. The van der Waals surface area contributed by atoms with Crippen molar-refractivity contribution < 1.29 is 14.3 Å². The third-order valence-electron chi connectivity index (χ3n) is 9.61. The third-order valence-corrected chi connectivity index (χ3v) is 10.8. The molecule has 2 aliphatic rings. The molecule has 1 saturated carbocycles. The average Bonchev–Trinajstić information content (AvgIpc) is 3.84. The number of carbonyl (C=O) groups is 1. The lowest BCUT2D eigenvalue weighted by atomic mass is 9.74. The highest BCUT2D eigenvalue weighted by molar-refractivity contribution is 7.15. The molecule has 6 nitrogen and oxygen atoms in total. The van der Waals surface area contributed by atoms with Gasteiger partial charge < -0.3 is 9.67 Å². The lowest BCUT2D eigenvalue weighted by Gasteiger charge is -2.48. The number of halogens is 1. The van der Waals surface area contributed by atoms with Crippen molar-refractivity contribution in [1.29, 1.82) is 0 Å². The first-order valence-corrected chi connectivity index (χ1v) is 16.7. The fourth-order valence-electron chi connectivity index (χ4n) is 7.31. The molecule has 234 valence electrons. The van der Waals surface area contributed by atoms with Crippen LogP contribution in [0.5, 0.6) is 0 Å². The van der Waals surface area contributed by atoms with Gasteiger partial charge in [0.05, 0.1) is 15.8 Å². The quantitative estimate of drug-likeness (QED) is 0.178. The Morgan fingerprint density at radius 3 is 2.02 bits per heavy atom. The van der Waals surface area contributed by atoms with E-state index in [4.69, 9.17) is 4.98 Å². The summed E-state index contributed by atoms with van der Waals surface area (Å²) in [5, 5.41) is 9.64. The van der Waals surface area contributed by atoms with Crippen LogP contribution in [0.25, 0.3) is 21.6 Å². The minimum Gasteiger partial charge on any atom is -0.477 e. The maximum absolute atomic E-state index is 15.9. The number of pyridine rings is 2. The summed E-state index contributed by atoms with van der Waals surface area (Å²) < 4.78 is 17.6. The number of benzene rings is 3. The van der Waals surface area contributed by atoms with Crippen LogP contribution in [0.3, 0.4) is 0 Å². The molecule has 8 heteroatoms. The monoisotopic (exact) mass is 641 g/mol. The molecular formula is C39H32FN3O3S. The summed E-state index contributed by atoms with van der Waals surface area (Å²) >= 11 is 1.54. The zero-order chi connectivity index (χ0) is 32.3. The summed E-state index contributed by atoms with van der Waals surface area (Å²) in [6.07, 6.45) is 3.09. The molecule has 3 aromatic heterocycles. The maximum Gasteiger partial charge on any atom is 0.341 e. The van der Waals surface area contributed by atoms with Crippen molar-refractivity contribution in [2.75, 3.05) is 6.54 Å². The van der Waals surface area contributed by atoms with Crippen LogP contribution in [0.1, 0.15) is 69.2 Å². The van der Waals surface area contributed by atoms with Crippen LogP contribution < -0.4 is 5.43 Å². The summed E-state index contributed by atoms with van der Waals surface area (Å²) in [7, 11) is 0. The number of fused-ring (bicyclic) bond motifs is 2. The van der Waals surface area contributed by atoms with Gasteiger partial charge in [0, 0.05) is 30.2 Å². The Bertz CT molecular complexity index is 2100. The lowest BCUT2D eigenvalue weighted by molar-refractivity contribution is 0.0695. The second kappa shape index (κ2) is 11.4. The zero-order valence-corrected chi connectivity index (χ0v) is 26.6. The number of thiophene rings is 1. The second-order valence-corrected chi connectivity index (χ2v) is 13.7. The van der Waals surface area contributed by atoms with E-state index >= 15 is 4.39 Å². The van der Waals surface area contributed by atoms with Crippen LogP contribution in [0.4, 0.5) is 4.39 Å². The van der Waals surface area contributed by atoms with Crippen LogP contribution >= 0.6 is 11.3 Å². The number of hydrogen-bond donors (Lipinski definition) is 1. The molecule has 1 N–H and O–H groups in total. The molecule has 0 bridgehead atoms. The first-order valence-electron chi connectivity index (χ1n) is 15.9. The summed E-state index contributed by atoms with van der Waals surface area (Å²) in [5.74, 6) is -1.81. The summed E-state index contributed by atoms with van der Waals surface area (Å²) in [6.45, 7) is 3.64. The molecule has 6 aromatic rings. The molecule has 0 spiro atoms. The van der Waals surface area contributed by atoms with E-state index in [-0.39, 0.29) is 28.6 Å². The van der Waals surface area contributed by atoms with Crippen molar-refractivity contribution >= 4 is 28.3 Å². The molecule has 0 amide bonds. The van der Waals surface area contributed by atoms with Crippen molar-refractivity contribution in [2.45, 2.75) is 43.8 Å². The number of nitrogens with zero attached hydrogens (tertiary/aromatic N) is 3. The zero-order valence-electron chi connectivity index (χ0n) is 25.8. The summed E-state index contributed by atoms with van der Waals surface area (Å²) in [5.41, 5.74) is 3.56. The molecule has 0 radical (unpaired) electrons. The highest BCUT2D eigenvalue weighted by Crippen LogP contribution is 2.48. The van der Waals surface area contributed by atoms with Gasteiger partial charge in [-0.25, -0.2) is 14.2 Å².